The molecule has 2 atom stereocenters. The number of ether oxygens (including phenoxy) is 1. The maximum atomic E-state index is 13.3. The van der Waals surface area contributed by atoms with Gasteiger partial charge in [0.15, 0.2) is 17.2 Å². The maximum absolute atomic E-state index is 13.3. The Morgan fingerprint density at radius 2 is 1.89 bits per heavy atom. The van der Waals surface area contributed by atoms with Gasteiger partial charge in [-0.25, -0.2) is 13.4 Å². The van der Waals surface area contributed by atoms with E-state index >= 15 is 0 Å². The normalized spacial score (nSPS) is 27.1. The first-order chi connectivity index (χ1) is 16.9. The number of aromatic nitrogens is 4. The highest BCUT2D eigenvalue weighted by molar-refractivity contribution is 7.89. The number of aryl methyl sites for hydroxylation is 1. The molecular weight excluding hydrogens is 486 g/mol. The van der Waals surface area contributed by atoms with Crippen LogP contribution < -0.4 is 15.0 Å². The molecule has 2 aromatic rings. The maximum Gasteiger partial charge on any atom is 0.272 e. The van der Waals surface area contributed by atoms with Crippen molar-refractivity contribution in [3.63, 3.8) is 0 Å². The van der Waals surface area contributed by atoms with Crippen LogP contribution in [0.4, 0.5) is 11.8 Å². The molecule has 2 fully saturated rings. The first kappa shape index (κ1) is 24.9. The second kappa shape index (κ2) is 8.67. The molecule has 12 nitrogen and oxygen atoms in total. The molecule has 0 radical (unpaired) electrons. The van der Waals surface area contributed by atoms with Gasteiger partial charge in [-0.1, -0.05) is 0 Å². The molecule has 5 rings (SSSR count). The molecule has 1 saturated carbocycles. The van der Waals surface area contributed by atoms with Gasteiger partial charge >= 0.3 is 0 Å². The second-order valence-corrected chi connectivity index (χ2v) is 12.7. The minimum Gasteiger partial charge on any atom is -0.472 e. The largest absolute Gasteiger partial charge is 0.472 e. The lowest BCUT2D eigenvalue weighted by atomic mass is 10.0. The molecule has 2 N–H and O–H groups in total. The van der Waals surface area contributed by atoms with Crippen LogP contribution in [0.1, 0.15) is 52.9 Å². The smallest absolute Gasteiger partial charge is 0.272 e. The highest BCUT2D eigenvalue weighted by Crippen LogP contribution is 2.42. The predicted octanol–water partition coefficient (Wildman–Crippen LogP) is 1.28. The fraction of sp³-hybridized carbons (Fsp3) is 0.652. The Hall–Kier alpha value is -2.77. The summed E-state index contributed by atoms with van der Waals surface area (Å²) in [5.41, 5.74) is -1.89. The Morgan fingerprint density at radius 1 is 1.17 bits per heavy atom. The molecular formula is C23H33N7O5S. The van der Waals surface area contributed by atoms with Gasteiger partial charge in [-0.2, -0.15) is 14.4 Å². The minimum atomic E-state index is -3.58. The van der Waals surface area contributed by atoms with E-state index in [9.17, 15) is 18.3 Å². The summed E-state index contributed by atoms with van der Waals surface area (Å²) in [5.74, 6) is 0.981. The van der Waals surface area contributed by atoms with Crippen LogP contribution in [0.25, 0.3) is 0 Å². The second-order valence-electron chi connectivity index (χ2n) is 10.7. The summed E-state index contributed by atoms with van der Waals surface area (Å²) in [5, 5.41) is 17.8. The molecule has 2 unspecified atom stereocenters. The van der Waals surface area contributed by atoms with Crippen molar-refractivity contribution in [2.24, 2.45) is 7.05 Å². The van der Waals surface area contributed by atoms with Crippen molar-refractivity contribution < 1.29 is 23.1 Å². The number of aliphatic hydroxyl groups is 1. The van der Waals surface area contributed by atoms with Crippen LogP contribution in [0.2, 0.25) is 0 Å². The molecule has 2 aliphatic heterocycles. The quantitative estimate of drug-likeness (QED) is 0.597. The summed E-state index contributed by atoms with van der Waals surface area (Å²) < 4.78 is 34.6. The van der Waals surface area contributed by atoms with E-state index in [1.165, 1.54) is 21.4 Å². The van der Waals surface area contributed by atoms with Crippen molar-refractivity contribution in [3.05, 3.63) is 18.6 Å². The van der Waals surface area contributed by atoms with E-state index in [2.05, 4.69) is 20.4 Å². The summed E-state index contributed by atoms with van der Waals surface area (Å²) in [6.07, 6.45) is 7.34. The lowest BCUT2D eigenvalue weighted by molar-refractivity contribution is -0.133. The fourth-order valence-corrected chi connectivity index (χ4v) is 6.69. The zero-order chi connectivity index (χ0) is 25.9. The van der Waals surface area contributed by atoms with Crippen LogP contribution in [-0.4, -0.2) is 79.9 Å². The molecule has 36 heavy (non-hydrogen) atoms. The van der Waals surface area contributed by atoms with Gasteiger partial charge in [-0.3, -0.25) is 14.4 Å². The van der Waals surface area contributed by atoms with Gasteiger partial charge < -0.3 is 15.2 Å². The predicted molar refractivity (Wildman–Crippen MR) is 131 cm³/mol. The van der Waals surface area contributed by atoms with Crippen LogP contribution >= 0.6 is 0 Å². The minimum absolute atomic E-state index is 0.0271. The molecule has 196 valence electrons. The first-order valence-corrected chi connectivity index (χ1v) is 13.7. The number of anilines is 2. The molecule has 1 amide bonds. The highest BCUT2D eigenvalue weighted by Gasteiger charge is 2.48. The van der Waals surface area contributed by atoms with Gasteiger partial charge in [0.25, 0.3) is 5.91 Å². The van der Waals surface area contributed by atoms with Gasteiger partial charge in [-0.15, -0.1) is 0 Å². The number of rotatable bonds is 5. The fourth-order valence-electron chi connectivity index (χ4n) is 5.23. The number of fused-ring (bicyclic) bond motifs is 1. The number of hydrogen-bond donors (Lipinski definition) is 2. The van der Waals surface area contributed by atoms with E-state index in [4.69, 9.17) is 4.74 Å². The number of nitrogens with zero attached hydrogens (tertiary/aromatic N) is 6. The van der Waals surface area contributed by atoms with E-state index < -0.39 is 21.2 Å². The first-order valence-electron chi connectivity index (χ1n) is 12.2. The molecule has 1 saturated heterocycles. The summed E-state index contributed by atoms with van der Waals surface area (Å²) in [4.78, 5) is 24.2. The van der Waals surface area contributed by atoms with Crippen LogP contribution in [0.15, 0.2) is 23.5 Å². The third-order valence-electron chi connectivity index (χ3n) is 7.23. The molecule has 3 aliphatic rings. The van der Waals surface area contributed by atoms with E-state index in [-0.39, 0.29) is 22.9 Å². The molecule has 1 aliphatic carbocycles. The van der Waals surface area contributed by atoms with Crippen molar-refractivity contribution in [2.75, 3.05) is 23.3 Å². The standard InChI is InChI=1S/C23H33N7O5S/c1-22(2)20(31)30(16-5-8-23(3,32)11-16)19-18(35-22)13-24-21(27-19)26-15-6-9-29(10-7-15)36(33,34)17-12-25-28(4)14-17/h12-16,32H,5-11H2,1-4H3,(H,24,26,27). The van der Waals surface area contributed by atoms with Gasteiger partial charge in [0.05, 0.1) is 18.0 Å². The zero-order valence-electron chi connectivity index (χ0n) is 21.0. The van der Waals surface area contributed by atoms with Crippen LogP contribution in [0.3, 0.4) is 0 Å². The number of carbonyl (C=O) groups excluding carboxylic acids is 1. The average molecular weight is 520 g/mol. The van der Waals surface area contributed by atoms with Crippen molar-refractivity contribution >= 4 is 27.7 Å². The Labute approximate surface area is 210 Å². The average Bonchev–Trinajstić information content (AvgIpc) is 3.40. The monoisotopic (exact) mass is 519 g/mol. The van der Waals surface area contributed by atoms with Crippen LogP contribution in [-0.2, 0) is 21.9 Å². The Morgan fingerprint density at radius 3 is 2.50 bits per heavy atom. The van der Waals surface area contributed by atoms with E-state index in [0.29, 0.717) is 62.7 Å². The van der Waals surface area contributed by atoms with E-state index in [0.717, 1.165) is 0 Å². The van der Waals surface area contributed by atoms with Crippen LogP contribution in [0.5, 0.6) is 5.75 Å². The number of piperidine rings is 1. The molecule has 13 heteroatoms. The number of nitrogens with one attached hydrogen (secondary N) is 1. The Balaban J connectivity index is 1.31. The third kappa shape index (κ3) is 4.55. The molecule has 4 heterocycles. The number of hydrogen-bond acceptors (Lipinski definition) is 9. The SMILES string of the molecule is Cn1cc(S(=O)(=O)N2CCC(Nc3ncc4c(n3)N(C3CCC(C)(O)C3)C(=O)C(C)(C)O4)CC2)cn1. The topological polar surface area (TPSA) is 143 Å². The van der Waals surface area contributed by atoms with E-state index in [1.807, 2.05) is 0 Å². The van der Waals surface area contributed by atoms with Crippen LogP contribution in [0, 0.1) is 0 Å². The van der Waals surface area contributed by atoms with Crippen molar-refractivity contribution in [1.29, 1.82) is 0 Å². The summed E-state index contributed by atoms with van der Waals surface area (Å²) in [7, 11) is -1.90. The molecule has 0 spiro atoms. The number of amides is 1. The van der Waals surface area contributed by atoms with Gasteiger partial charge in [0, 0.05) is 38.4 Å². The third-order valence-corrected chi connectivity index (χ3v) is 9.08. The van der Waals surface area contributed by atoms with Gasteiger partial charge in [0.1, 0.15) is 4.90 Å². The van der Waals surface area contributed by atoms with Crippen molar-refractivity contribution in [2.45, 2.75) is 81.1 Å². The Kier molecular flexibility index (Phi) is 5.99. The summed E-state index contributed by atoms with van der Waals surface area (Å²) >= 11 is 0. The zero-order valence-corrected chi connectivity index (χ0v) is 21.8. The Bertz CT molecular complexity index is 1270. The molecule has 0 aromatic carbocycles. The highest BCUT2D eigenvalue weighted by atomic mass is 32.2. The summed E-state index contributed by atoms with van der Waals surface area (Å²) in [6.45, 7) is 5.95. The molecule has 2 aromatic heterocycles. The van der Waals surface area contributed by atoms with Crippen molar-refractivity contribution in [3.8, 4) is 5.75 Å². The lowest BCUT2D eigenvalue weighted by Gasteiger charge is -2.41. The van der Waals surface area contributed by atoms with Gasteiger partial charge in [-0.05, 0) is 52.9 Å². The number of sulfonamides is 1. The van der Waals surface area contributed by atoms with E-state index in [1.54, 1.807) is 38.9 Å². The van der Waals surface area contributed by atoms with Gasteiger partial charge in [0.2, 0.25) is 16.0 Å². The number of carbonyl (C=O) groups is 1. The van der Waals surface area contributed by atoms with Crippen molar-refractivity contribution in [1.82, 2.24) is 24.1 Å². The lowest BCUT2D eigenvalue weighted by Crippen LogP contribution is -2.56. The molecule has 0 bridgehead atoms. The summed E-state index contributed by atoms with van der Waals surface area (Å²) in [6, 6.07) is -0.209.